The molecule has 2 rings (SSSR count). The minimum absolute atomic E-state index is 0.171. The summed E-state index contributed by atoms with van der Waals surface area (Å²) in [5.74, 6) is -0.560. The van der Waals surface area contributed by atoms with Gasteiger partial charge in [0.1, 0.15) is 5.82 Å². The average molecular weight is 265 g/mol. The minimum Gasteiger partial charge on any atom is -0.481 e. The third kappa shape index (κ3) is 3.69. The second-order valence-corrected chi connectivity index (χ2v) is 5.42. The normalized spacial score (nSPS) is 23.1. The van der Waals surface area contributed by atoms with E-state index in [-0.39, 0.29) is 11.7 Å². The number of hydrogen-bond acceptors (Lipinski definition) is 2. The molecule has 1 saturated carbocycles. The van der Waals surface area contributed by atoms with E-state index in [9.17, 15) is 9.18 Å². The lowest BCUT2D eigenvalue weighted by Gasteiger charge is -2.30. The molecule has 0 atom stereocenters. The van der Waals surface area contributed by atoms with Gasteiger partial charge in [0.15, 0.2) is 0 Å². The van der Waals surface area contributed by atoms with Crippen molar-refractivity contribution in [3.8, 4) is 0 Å². The topological polar surface area (TPSA) is 40.5 Å². The van der Waals surface area contributed by atoms with Crippen molar-refractivity contribution < 1.29 is 14.3 Å². The predicted octanol–water partition coefficient (Wildman–Crippen LogP) is 3.15. The Morgan fingerprint density at radius 1 is 1.37 bits per heavy atom. The highest BCUT2D eigenvalue weighted by Crippen LogP contribution is 2.30. The summed E-state index contributed by atoms with van der Waals surface area (Å²) in [7, 11) is 1.96. The van der Waals surface area contributed by atoms with Crippen molar-refractivity contribution in [2.24, 2.45) is 11.8 Å². The molecule has 0 unspecified atom stereocenters. The van der Waals surface area contributed by atoms with Crippen LogP contribution in [0.1, 0.15) is 25.7 Å². The first kappa shape index (κ1) is 13.8. The van der Waals surface area contributed by atoms with E-state index in [1.807, 2.05) is 13.1 Å². The van der Waals surface area contributed by atoms with Gasteiger partial charge in [-0.1, -0.05) is 6.07 Å². The molecule has 1 aliphatic carbocycles. The number of aliphatic carboxylic acids is 1. The van der Waals surface area contributed by atoms with Gasteiger partial charge in [0.2, 0.25) is 0 Å². The SMILES string of the molecule is CN(CC1CCC(C(=O)O)CC1)c1cccc(F)c1. The summed E-state index contributed by atoms with van der Waals surface area (Å²) in [5.41, 5.74) is 0.875. The van der Waals surface area contributed by atoms with E-state index < -0.39 is 5.97 Å². The van der Waals surface area contributed by atoms with Crippen LogP contribution in [0.25, 0.3) is 0 Å². The first-order valence-corrected chi connectivity index (χ1v) is 6.76. The number of carboxylic acids is 1. The Hall–Kier alpha value is -1.58. The van der Waals surface area contributed by atoms with Crippen molar-refractivity contribution in [3.05, 3.63) is 30.1 Å². The molecule has 1 aliphatic rings. The van der Waals surface area contributed by atoms with E-state index >= 15 is 0 Å². The Labute approximate surface area is 113 Å². The zero-order valence-electron chi connectivity index (χ0n) is 11.2. The molecule has 0 saturated heterocycles. The lowest BCUT2D eigenvalue weighted by molar-refractivity contribution is -0.143. The molecule has 0 aromatic heterocycles. The molecule has 0 bridgehead atoms. The Morgan fingerprint density at radius 2 is 2.05 bits per heavy atom. The Morgan fingerprint density at radius 3 is 2.63 bits per heavy atom. The molecule has 0 spiro atoms. The molecule has 0 radical (unpaired) electrons. The van der Waals surface area contributed by atoms with Gasteiger partial charge in [-0.15, -0.1) is 0 Å². The summed E-state index contributed by atoms with van der Waals surface area (Å²) < 4.78 is 13.2. The van der Waals surface area contributed by atoms with Crippen molar-refractivity contribution in [1.29, 1.82) is 0 Å². The van der Waals surface area contributed by atoms with Crippen molar-refractivity contribution in [3.63, 3.8) is 0 Å². The first-order chi connectivity index (χ1) is 9.06. The van der Waals surface area contributed by atoms with Gasteiger partial charge < -0.3 is 10.0 Å². The second-order valence-electron chi connectivity index (χ2n) is 5.42. The Bertz CT molecular complexity index is 442. The van der Waals surface area contributed by atoms with Gasteiger partial charge in [0.25, 0.3) is 0 Å². The standard InChI is InChI=1S/C15H20FNO2/c1-17(14-4-2-3-13(16)9-14)10-11-5-7-12(8-6-11)15(18)19/h2-4,9,11-12H,5-8,10H2,1H3,(H,18,19). The van der Waals surface area contributed by atoms with Crippen LogP contribution < -0.4 is 4.90 Å². The number of carboxylic acid groups (broad SMARTS) is 1. The molecule has 1 aromatic carbocycles. The first-order valence-electron chi connectivity index (χ1n) is 6.76. The minimum atomic E-state index is -0.670. The lowest BCUT2D eigenvalue weighted by atomic mass is 9.82. The van der Waals surface area contributed by atoms with Crippen LogP contribution in [-0.2, 0) is 4.79 Å². The van der Waals surface area contributed by atoms with Crippen molar-refractivity contribution in [1.82, 2.24) is 0 Å². The number of hydrogen-bond donors (Lipinski definition) is 1. The molecule has 1 aromatic rings. The molecule has 3 nitrogen and oxygen atoms in total. The zero-order chi connectivity index (χ0) is 13.8. The summed E-state index contributed by atoms with van der Waals surface area (Å²) in [6.07, 6.45) is 3.40. The van der Waals surface area contributed by atoms with Crippen LogP contribution in [0, 0.1) is 17.7 Å². The fourth-order valence-corrected chi connectivity index (χ4v) is 2.80. The average Bonchev–Trinajstić information content (AvgIpc) is 2.39. The largest absolute Gasteiger partial charge is 0.481 e. The van der Waals surface area contributed by atoms with Gasteiger partial charge in [0, 0.05) is 19.3 Å². The number of anilines is 1. The van der Waals surface area contributed by atoms with E-state index in [1.54, 1.807) is 6.07 Å². The van der Waals surface area contributed by atoms with Gasteiger partial charge in [0.05, 0.1) is 5.92 Å². The van der Waals surface area contributed by atoms with Crippen LogP contribution in [0.4, 0.5) is 10.1 Å². The molecule has 1 N–H and O–H groups in total. The van der Waals surface area contributed by atoms with Gasteiger partial charge in [-0.05, 0) is 49.8 Å². The van der Waals surface area contributed by atoms with Crippen molar-refractivity contribution >= 4 is 11.7 Å². The molecule has 4 heteroatoms. The predicted molar refractivity (Wildman–Crippen MR) is 72.8 cm³/mol. The number of rotatable bonds is 4. The van der Waals surface area contributed by atoms with E-state index in [0.29, 0.717) is 5.92 Å². The van der Waals surface area contributed by atoms with Crippen LogP contribution >= 0.6 is 0 Å². The van der Waals surface area contributed by atoms with E-state index in [0.717, 1.165) is 37.9 Å². The number of carbonyl (C=O) groups is 1. The molecule has 0 aliphatic heterocycles. The van der Waals surface area contributed by atoms with Crippen LogP contribution in [0.15, 0.2) is 24.3 Å². The fourth-order valence-electron chi connectivity index (χ4n) is 2.80. The molecule has 1 fully saturated rings. The number of benzene rings is 1. The molecular formula is C15H20FNO2. The fraction of sp³-hybridized carbons (Fsp3) is 0.533. The highest BCUT2D eigenvalue weighted by atomic mass is 19.1. The smallest absolute Gasteiger partial charge is 0.306 e. The Balaban J connectivity index is 1.87. The summed E-state index contributed by atoms with van der Waals surface area (Å²) in [6.45, 7) is 0.857. The zero-order valence-corrected chi connectivity index (χ0v) is 11.2. The summed E-state index contributed by atoms with van der Waals surface area (Å²) in [5, 5.41) is 8.96. The summed E-state index contributed by atoms with van der Waals surface area (Å²) in [4.78, 5) is 12.9. The maximum atomic E-state index is 13.2. The van der Waals surface area contributed by atoms with Crippen LogP contribution in [0.5, 0.6) is 0 Å². The van der Waals surface area contributed by atoms with Gasteiger partial charge in [-0.2, -0.15) is 0 Å². The molecule has 104 valence electrons. The second kappa shape index (κ2) is 6.04. The number of nitrogens with zero attached hydrogens (tertiary/aromatic N) is 1. The summed E-state index contributed by atoms with van der Waals surface area (Å²) in [6, 6.07) is 6.58. The summed E-state index contributed by atoms with van der Waals surface area (Å²) >= 11 is 0. The third-order valence-corrected chi connectivity index (χ3v) is 3.98. The van der Waals surface area contributed by atoms with Crippen LogP contribution in [0.2, 0.25) is 0 Å². The van der Waals surface area contributed by atoms with Gasteiger partial charge in [-0.25, -0.2) is 4.39 Å². The highest BCUT2D eigenvalue weighted by molar-refractivity contribution is 5.70. The molecule has 0 heterocycles. The maximum absolute atomic E-state index is 13.2. The van der Waals surface area contributed by atoms with Gasteiger partial charge in [-0.3, -0.25) is 4.79 Å². The quantitative estimate of drug-likeness (QED) is 0.909. The lowest BCUT2D eigenvalue weighted by Crippen LogP contribution is -2.30. The van der Waals surface area contributed by atoms with E-state index in [1.165, 1.54) is 12.1 Å². The van der Waals surface area contributed by atoms with Crippen molar-refractivity contribution in [2.75, 3.05) is 18.5 Å². The molecule has 0 amide bonds. The van der Waals surface area contributed by atoms with E-state index in [2.05, 4.69) is 4.90 Å². The maximum Gasteiger partial charge on any atom is 0.306 e. The molecule has 19 heavy (non-hydrogen) atoms. The van der Waals surface area contributed by atoms with Gasteiger partial charge >= 0.3 is 5.97 Å². The monoisotopic (exact) mass is 265 g/mol. The number of halogens is 1. The Kier molecular flexibility index (Phi) is 4.40. The highest BCUT2D eigenvalue weighted by Gasteiger charge is 2.26. The van der Waals surface area contributed by atoms with Crippen LogP contribution in [0.3, 0.4) is 0 Å². The third-order valence-electron chi connectivity index (χ3n) is 3.98. The van der Waals surface area contributed by atoms with Crippen molar-refractivity contribution in [2.45, 2.75) is 25.7 Å². The van der Waals surface area contributed by atoms with Crippen LogP contribution in [-0.4, -0.2) is 24.7 Å². The van der Waals surface area contributed by atoms with E-state index in [4.69, 9.17) is 5.11 Å². The molecular weight excluding hydrogens is 245 g/mol.